The van der Waals surface area contributed by atoms with Crippen LogP contribution in [0.1, 0.15) is 27.2 Å². The first-order valence-electron chi connectivity index (χ1n) is 4.57. The molecule has 3 nitrogen and oxygen atoms in total. The minimum atomic E-state index is -0.557. The summed E-state index contributed by atoms with van der Waals surface area (Å²) >= 11 is 0. The van der Waals surface area contributed by atoms with Crippen molar-refractivity contribution in [3.63, 3.8) is 0 Å². The van der Waals surface area contributed by atoms with Gasteiger partial charge in [-0.2, -0.15) is 0 Å². The van der Waals surface area contributed by atoms with Crippen LogP contribution in [-0.4, -0.2) is 37.0 Å². The molecule has 0 heterocycles. The van der Waals surface area contributed by atoms with Crippen molar-refractivity contribution in [1.82, 2.24) is 5.32 Å². The summed E-state index contributed by atoms with van der Waals surface area (Å²) in [7, 11) is 0. The van der Waals surface area contributed by atoms with Crippen LogP contribution < -0.4 is 5.32 Å². The lowest BCUT2D eigenvalue weighted by molar-refractivity contribution is 0.0700. The molecule has 0 rings (SSSR count). The molecule has 0 atom stereocenters. The first-order chi connectivity index (χ1) is 5.56. The number of aliphatic hydroxyl groups is 1. The molecule has 74 valence electrons. The zero-order valence-corrected chi connectivity index (χ0v) is 8.39. The smallest absolute Gasteiger partial charge is 0.0603 e. The highest BCUT2D eigenvalue weighted by Crippen LogP contribution is 2.04. The lowest BCUT2D eigenvalue weighted by atomic mass is 10.1. The Kier molecular flexibility index (Phi) is 6.34. The minimum Gasteiger partial charge on any atom is -0.390 e. The molecule has 2 N–H and O–H groups in total. The Hall–Kier alpha value is -0.120. The average molecular weight is 175 g/mol. The molecular weight excluding hydrogens is 154 g/mol. The number of hydrogen-bond donors (Lipinski definition) is 2. The van der Waals surface area contributed by atoms with E-state index in [-0.39, 0.29) is 0 Å². The van der Waals surface area contributed by atoms with Crippen LogP contribution in [0.4, 0.5) is 0 Å². The SMILES string of the molecule is CCOCCNCCC(C)(C)O. The van der Waals surface area contributed by atoms with Crippen LogP contribution in [0.3, 0.4) is 0 Å². The van der Waals surface area contributed by atoms with Crippen molar-refractivity contribution in [2.45, 2.75) is 32.8 Å². The van der Waals surface area contributed by atoms with Gasteiger partial charge in [0.25, 0.3) is 0 Å². The summed E-state index contributed by atoms with van der Waals surface area (Å²) in [6, 6.07) is 0. The fourth-order valence-corrected chi connectivity index (χ4v) is 0.808. The van der Waals surface area contributed by atoms with Gasteiger partial charge >= 0.3 is 0 Å². The summed E-state index contributed by atoms with van der Waals surface area (Å²) in [5, 5.41) is 12.5. The van der Waals surface area contributed by atoms with Gasteiger partial charge in [0.1, 0.15) is 0 Å². The summed E-state index contributed by atoms with van der Waals surface area (Å²) in [4.78, 5) is 0. The Morgan fingerprint density at radius 1 is 1.33 bits per heavy atom. The Bertz CT molecular complexity index is 99.2. The molecule has 0 fully saturated rings. The molecular formula is C9H21NO2. The summed E-state index contributed by atoms with van der Waals surface area (Å²) < 4.78 is 5.14. The zero-order chi connectivity index (χ0) is 9.45. The molecule has 0 unspecified atom stereocenters. The Balaban J connectivity index is 3.01. The standard InChI is InChI=1S/C9H21NO2/c1-4-12-8-7-10-6-5-9(2,3)11/h10-11H,4-8H2,1-3H3. The highest BCUT2D eigenvalue weighted by Gasteiger charge is 2.10. The molecule has 0 aliphatic rings. The van der Waals surface area contributed by atoms with Crippen LogP contribution in [0.2, 0.25) is 0 Å². The van der Waals surface area contributed by atoms with E-state index in [1.165, 1.54) is 0 Å². The van der Waals surface area contributed by atoms with Crippen molar-refractivity contribution < 1.29 is 9.84 Å². The van der Waals surface area contributed by atoms with Crippen molar-refractivity contribution in [2.24, 2.45) is 0 Å². The van der Waals surface area contributed by atoms with Crippen molar-refractivity contribution in [3.8, 4) is 0 Å². The first-order valence-corrected chi connectivity index (χ1v) is 4.57. The Labute approximate surface area is 75.1 Å². The van der Waals surface area contributed by atoms with Gasteiger partial charge in [-0.3, -0.25) is 0 Å². The summed E-state index contributed by atoms with van der Waals surface area (Å²) in [5.41, 5.74) is -0.557. The second kappa shape index (κ2) is 6.40. The molecule has 0 saturated heterocycles. The second-order valence-electron chi connectivity index (χ2n) is 3.51. The molecule has 3 heteroatoms. The molecule has 0 amide bonds. The molecule has 0 aromatic rings. The maximum Gasteiger partial charge on any atom is 0.0603 e. The van der Waals surface area contributed by atoms with Crippen LogP contribution in [0.15, 0.2) is 0 Å². The van der Waals surface area contributed by atoms with Gasteiger partial charge in [0.2, 0.25) is 0 Å². The van der Waals surface area contributed by atoms with Crippen LogP contribution in [0.25, 0.3) is 0 Å². The monoisotopic (exact) mass is 175 g/mol. The van der Waals surface area contributed by atoms with Crippen molar-refractivity contribution >= 4 is 0 Å². The normalized spacial score (nSPS) is 12.0. The van der Waals surface area contributed by atoms with E-state index in [1.54, 1.807) is 0 Å². The fourth-order valence-electron chi connectivity index (χ4n) is 0.808. The summed E-state index contributed by atoms with van der Waals surface area (Å²) in [6.07, 6.45) is 0.777. The van der Waals surface area contributed by atoms with E-state index < -0.39 is 5.60 Å². The van der Waals surface area contributed by atoms with Gasteiger partial charge in [-0.25, -0.2) is 0 Å². The van der Waals surface area contributed by atoms with E-state index in [9.17, 15) is 5.11 Å². The lowest BCUT2D eigenvalue weighted by Gasteiger charge is -2.16. The first kappa shape index (κ1) is 11.9. The van der Waals surface area contributed by atoms with Crippen molar-refractivity contribution in [2.75, 3.05) is 26.3 Å². The van der Waals surface area contributed by atoms with Gasteiger partial charge in [0.05, 0.1) is 12.2 Å². The van der Waals surface area contributed by atoms with E-state index in [0.29, 0.717) is 0 Å². The number of hydrogen-bond acceptors (Lipinski definition) is 3. The highest BCUT2D eigenvalue weighted by atomic mass is 16.5. The molecule has 0 bridgehead atoms. The maximum absolute atomic E-state index is 9.35. The van der Waals surface area contributed by atoms with Gasteiger partial charge in [0.15, 0.2) is 0 Å². The van der Waals surface area contributed by atoms with Gasteiger partial charge in [-0.05, 0) is 33.7 Å². The number of rotatable bonds is 7. The predicted octanol–water partition coefficient (Wildman–Crippen LogP) is 0.774. The summed E-state index contributed by atoms with van der Waals surface area (Å²) in [5.74, 6) is 0. The molecule has 0 saturated carbocycles. The summed E-state index contributed by atoms with van der Waals surface area (Å²) in [6.45, 7) is 8.85. The minimum absolute atomic E-state index is 0.557. The molecule has 0 aliphatic carbocycles. The molecule has 0 aliphatic heterocycles. The van der Waals surface area contributed by atoms with E-state index in [4.69, 9.17) is 4.74 Å². The maximum atomic E-state index is 9.35. The molecule has 0 spiro atoms. The van der Waals surface area contributed by atoms with Crippen LogP contribution >= 0.6 is 0 Å². The zero-order valence-electron chi connectivity index (χ0n) is 8.39. The quantitative estimate of drug-likeness (QED) is 0.562. The van der Waals surface area contributed by atoms with Gasteiger partial charge < -0.3 is 15.2 Å². The van der Waals surface area contributed by atoms with Crippen LogP contribution in [0, 0.1) is 0 Å². The van der Waals surface area contributed by atoms with E-state index in [2.05, 4.69) is 5.32 Å². The fraction of sp³-hybridized carbons (Fsp3) is 1.00. The van der Waals surface area contributed by atoms with E-state index >= 15 is 0 Å². The Morgan fingerprint density at radius 2 is 2.00 bits per heavy atom. The highest BCUT2D eigenvalue weighted by molar-refractivity contribution is 4.65. The van der Waals surface area contributed by atoms with Gasteiger partial charge in [0, 0.05) is 13.2 Å². The van der Waals surface area contributed by atoms with E-state index in [0.717, 1.165) is 32.7 Å². The number of nitrogens with one attached hydrogen (secondary N) is 1. The van der Waals surface area contributed by atoms with Crippen molar-refractivity contribution in [3.05, 3.63) is 0 Å². The van der Waals surface area contributed by atoms with Crippen LogP contribution in [-0.2, 0) is 4.74 Å². The number of ether oxygens (including phenoxy) is 1. The third-order valence-electron chi connectivity index (χ3n) is 1.54. The van der Waals surface area contributed by atoms with Gasteiger partial charge in [-0.1, -0.05) is 0 Å². The van der Waals surface area contributed by atoms with E-state index in [1.807, 2.05) is 20.8 Å². The second-order valence-corrected chi connectivity index (χ2v) is 3.51. The Morgan fingerprint density at radius 3 is 2.50 bits per heavy atom. The van der Waals surface area contributed by atoms with Gasteiger partial charge in [-0.15, -0.1) is 0 Å². The largest absolute Gasteiger partial charge is 0.390 e. The third-order valence-corrected chi connectivity index (χ3v) is 1.54. The van der Waals surface area contributed by atoms with Crippen molar-refractivity contribution in [1.29, 1.82) is 0 Å². The molecule has 0 aromatic carbocycles. The van der Waals surface area contributed by atoms with Crippen LogP contribution in [0.5, 0.6) is 0 Å². The molecule has 12 heavy (non-hydrogen) atoms. The predicted molar refractivity (Wildman–Crippen MR) is 50.3 cm³/mol. The molecule has 0 radical (unpaired) electrons. The third kappa shape index (κ3) is 9.88. The topological polar surface area (TPSA) is 41.5 Å². The lowest BCUT2D eigenvalue weighted by Crippen LogP contribution is -2.28. The molecule has 0 aromatic heterocycles. The average Bonchev–Trinajstić information content (AvgIpc) is 1.94.